The topological polar surface area (TPSA) is 33.1 Å². The quantitative estimate of drug-likeness (QED) is 0.790. The van der Waals surface area contributed by atoms with Gasteiger partial charge >= 0.3 is 0 Å². The molecule has 2 nitrogen and oxygen atoms in total. The third kappa shape index (κ3) is 1.92. The molecule has 72 valence electrons. The maximum absolute atomic E-state index is 9.98. The third-order valence-electron chi connectivity index (χ3n) is 2.79. The van der Waals surface area contributed by atoms with E-state index in [1.807, 2.05) is 12.3 Å². The molecule has 0 aromatic carbocycles. The lowest BCUT2D eigenvalue weighted by Crippen LogP contribution is -2.09. The number of rotatable bonds is 2. The number of hydrogen-bond donors (Lipinski definition) is 1. The van der Waals surface area contributed by atoms with Crippen LogP contribution in [0.3, 0.4) is 0 Å². The van der Waals surface area contributed by atoms with Crippen LogP contribution in [0.4, 0.5) is 0 Å². The summed E-state index contributed by atoms with van der Waals surface area (Å²) < 4.78 is 0. The monoisotopic (exact) mass is 197 g/mol. The fourth-order valence-corrected chi connectivity index (χ4v) is 2.67. The normalized spacial score (nSPS) is 20.8. The van der Waals surface area contributed by atoms with Gasteiger partial charge in [-0.15, -0.1) is 11.3 Å². The van der Waals surface area contributed by atoms with E-state index in [2.05, 4.69) is 4.98 Å². The van der Waals surface area contributed by atoms with Crippen LogP contribution in [0.25, 0.3) is 0 Å². The first kappa shape index (κ1) is 9.16. The lowest BCUT2D eigenvalue weighted by molar-refractivity contribution is 0.108. The van der Waals surface area contributed by atoms with Crippen molar-refractivity contribution in [3.05, 3.63) is 16.1 Å². The van der Waals surface area contributed by atoms with Crippen LogP contribution in [0.15, 0.2) is 5.38 Å². The van der Waals surface area contributed by atoms with E-state index in [9.17, 15) is 5.11 Å². The first-order valence-electron chi connectivity index (χ1n) is 4.87. The summed E-state index contributed by atoms with van der Waals surface area (Å²) in [6, 6.07) is 0. The van der Waals surface area contributed by atoms with Gasteiger partial charge in [-0.2, -0.15) is 0 Å². The van der Waals surface area contributed by atoms with Crippen LogP contribution in [0.1, 0.15) is 42.5 Å². The highest BCUT2D eigenvalue weighted by Crippen LogP contribution is 2.35. The number of aryl methyl sites for hydroxylation is 1. The largest absolute Gasteiger partial charge is 0.386 e. The molecule has 1 aliphatic carbocycles. The Morgan fingerprint density at radius 3 is 2.77 bits per heavy atom. The number of aliphatic hydroxyl groups is 1. The molecule has 1 unspecified atom stereocenters. The second-order valence-electron chi connectivity index (χ2n) is 3.78. The van der Waals surface area contributed by atoms with Gasteiger partial charge in [-0.3, -0.25) is 0 Å². The zero-order valence-electron chi connectivity index (χ0n) is 7.86. The van der Waals surface area contributed by atoms with Gasteiger partial charge in [0.15, 0.2) is 0 Å². The molecule has 1 atom stereocenters. The molecule has 1 heterocycles. The summed E-state index contributed by atoms with van der Waals surface area (Å²) in [5, 5.41) is 13.0. The molecule has 0 aliphatic heterocycles. The van der Waals surface area contributed by atoms with E-state index in [0.717, 1.165) is 23.5 Å². The fraction of sp³-hybridized carbons (Fsp3) is 0.700. The summed E-state index contributed by atoms with van der Waals surface area (Å²) in [7, 11) is 0. The lowest BCUT2D eigenvalue weighted by atomic mass is 9.99. The van der Waals surface area contributed by atoms with E-state index in [1.165, 1.54) is 12.8 Å². The molecule has 2 rings (SSSR count). The summed E-state index contributed by atoms with van der Waals surface area (Å²) in [5.41, 5.74) is 0.884. The standard InChI is InChI=1S/C10H15NOS/c1-7-11-9(6-13-7)10(12)8-4-2-3-5-8/h6,8,10,12H,2-5H2,1H3. The van der Waals surface area contributed by atoms with Crippen molar-refractivity contribution in [2.24, 2.45) is 5.92 Å². The zero-order valence-corrected chi connectivity index (χ0v) is 8.68. The first-order valence-corrected chi connectivity index (χ1v) is 5.75. The molecule has 1 aliphatic rings. The molecule has 3 heteroatoms. The molecule has 1 fully saturated rings. The van der Waals surface area contributed by atoms with Crippen LogP contribution in [0, 0.1) is 12.8 Å². The Balaban J connectivity index is 2.07. The maximum atomic E-state index is 9.98. The van der Waals surface area contributed by atoms with E-state index in [1.54, 1.807) is 11.3 Å². The predicted molar refractivity (Wildman–Crippen MR) is 53.8 cm³/mol. The van der Waals surface area contributed by atoms with Crippen molar-refractivity contribution in [1.29, 1.82) is 0 Å². The average Bonchev–Trinajstić information content (AvgIpc) is 2.72. The fourth-order valence-electron chi connectivity index (χ4n) is 2.03. The number of aliphatic hydroxyl groups excluding tert-OH is 1. The second kappa shape index (κ2) is 3.76. The Hall–Kier alpha value is -0.410. The highest BCUT2D eigenvalue weighted by molar-refractivity contribution is 7.09. The van der Waals surface area contributed by atoms with E-state index >= 15 is 0 Å². The van der Waals surface area contributed by atoms with Crippen LogP contribution in [-0.2, 0) is 0 Å². The molecule has 0 bridgehead atoms. The molecular weight excluding hydrogens is 182 g/mol. The summed E-state index contributed by atoms with van der Waals surface area (Å²) in [6.45, 7) is 1.98. The number of hydrogen-bond acceptors (Lipinski definition) is 3. The zero-order chi connectivity index (χ0) is 9.26. The Morgan fingerprint density at radius 2 is 2.23 bits per heavy atom. The lowest BCUT2D eigenvalue weighted by Gasteiger charge is -2.14. The molecular formula is C10H15NOS. The molecule has 0 amide bonds. The van der Waals surface area contributed by atoms with Crippen molar-refractivity contribution in [3.63, 3.8) is 0 Å². The summed E-state index contributed by atoms with van der Waals surface area (Å²) in [5.74, 6) is 0.460. The van der Waals surface area contributed by atoms with Gasteiger partial charge in [-0.1, -0.05) is 12.8 Å². The number of aromatic nitrogens is 1. The van der Waals surface area contributed by atoms with E-state index in [4.69, 9.17) is 0 Å². The Morgan fingerprint density at radius 1 is 1.54 bits per heavy atom. The highest BCUT2D eigenvalue weighted by Gasteiger charge is 2.25. The van der Waals surface area contributed by atoms with E-state index in [-0.39, 0.29) is 6.10 Å². The Labute approximate surface area is 82.6 Å². The van der Waals surface area contributed by atoms with Gasteiger partial charge in [0, 0.05) is 5.38 Å². The Kier molecular flexibility index (Phi) is 2.65. The van der Waals surface area contributed by atoms with Crippen LogP contribution in [0.2, 0.25) is 0 Å². The van der Waals surface area contributed by atoms with Crippen molar-refractivity contribution in [3.8, 4) is 0 Å². The third-order valence-corrected chi connectivity index (χ3v) is 3.58. The molecule has 1 N–H and O–H groups in total. The SMILES string of the molecule is Cc1nc(C(O)C2CCCC2)cs1. The molecule has 0 spiro atoms. The highest BCUT2D eigenvalue weighted by atomic mass is 32.1. The van der Waals surface area contributed by atoms with Gasteiger partial charge in [0.2, 0.25) is 0 Å². The predicted octanol–water partition coefficient (Wildman–Crippen LogP) is 2.68. The van der Waals surface area contributed by atoms with Gasteiger partial charge in [0.1, 0.15) is 0 Å². The van der Waals surface area contributed by atoms with Gasteiger partial charge in [0.25, 0.3) is 0 Å². The van der Waals surface area contributed by atoms with Crippen molar-refractivity contribution in [2.45, 2.75) is 38.7 Å². The summed E-state index contributed by atoms with van der Waals surface area (Å²) in [4.78, 5) is 4.32. The van der Waals surface area contributed by atoms with E-state index in [0.29, 0.717) is 5.92 Å². The van der Waals surface area contributed by atoms with Crippen LogP contribution >= 0.6 is 11.3 Å². The van der Waals surface area contributed by atoms with Gasteiger partial charge in [-0.25, -0.2) is 4.98 Å². The number of thiazole rings is 1. The van der Waals surface area contributed by atoms with Crippen molar-refractivity contribution in [2.75, 3.05) is 0 Å². The molecule has 13 heavy (non-hydrogen) atoms. The van der Waals surface area contributed by atoms with Gasteiger partial charge < -0.3 is 5.11 Å². The molecule has 1 saturated carbocycles. The van der Waals surface area contributed by atoms with Gasteiger partial charge in [-0.05, 0) is 25.7 Å². The molecule has 1 aromatic heterocycles. The van der Waals surface area contributed by atoms with E-state index < -0.39 is 0 Å². The van der Waals surface area contributed by atoms with Gasteiger partial charge in [0.05, 0.1) is 16.8 Å². The van der Waals surface area contributed by atoms with Crippen LogP contribution in [-0.4, -0.2) is 10.1 Å². The van der Waals surface area contributed by atoms with Crippen molar-refractivity contribution in [1.82, 2.24) is 4.98 Å². The second-order valence-corrected chi connectivity index (χ2v) is 4.84. The molecule has 1 aromatic rings. The van der Waals surface area contributed by atoms with Crippen molar-refractivity contribution < 1.29 is 5.11 Å². The minimum absolute atomic E-state index is 0.313. The van der Waals surface area contributed by atoms with Crippen molar-refractivity contribution >= 4 is 11.3 Å². The molecule has 0 saturated heterocycles. The summed E-state index contributed by atoms with van der Waals surface area (Å²) >= 11 is 1.62. The Bertz CT molecular complexity index is 278. The first-order chi connectivity index (χ1) is 6.27. The molecule has 0 radical (unpaired) electrons. The van der Waals surface area contributed by atoms with Crippen LogP contribution in [0.5, 0.6) is 0 Å². The van der Waals surface area contributed by atoms with Crippen LogP contribution < -0.4 is 0 Å². The summed E-state index contributed by atoms with van der Waals surface area (Å²) in [6.07, 6.45) is 4.55. The minimum Gasteiger partial charge on any atom is -0.386 e. The maximum Gasteiger partial charge on any atom is 0.0996 e. The smallest absolute Gasteiger partial charge is 0.0996 e. The number of nitrogens with zero attached hydrogens (tertiary/aromatic N) is 1. The average molecular weight is 197 g/mol. The minimum atomic E-state index is -0.313.